The summed E-state index contributed by atoms with van der Waals surface area (Å²) >= 11 is 0. The monoisotopic (exact) mass is 254 g/mol. The van der Waals surface area contributed by atoms with E-state index in [0.29, 0.717) is 0 Å². The molecule has 0 aliphatic carbocycles. The van der Waals surface area contributed by atoms with Gasteiger partial charge in [-0.2, -0.15) is 18.4 Å². The van der Waals surface area contributed by atoms with Crippen LogP contribution in [0.4, 0.5) is 26.3 Å². The molecule has 0 unspecified atom stereocenters. The summed E-state index contributed by atoms with van der Waals surface area (Å²) in [6, 6.07) is 1.35. The molecule has 2 nitrogen and oxygen atoms in total. The number of nitriles is 1. The predicted octanol–water partition coefficient (Wildman–Crippen LogP) is 3.24. The van der Waals surface area contributed by atoms with Crippen LogP contribution in [0.25, 0.3) is 0 Å². The lowest BCUT2D eigenvalue weighted by Gasteiger charge is -2.15. The Hall–Kier alpha value is -1.78. The van der Waals surface area contributed by atoms with Crippen LogP contribution in [0.2, 0.25) is 0 Å². The molecular formula is C9H4F6N2. The maximum absolute atomic E-state index is 12.9. The van der Waals surface area contributed by atoms with Gasteiger partial charge in [0.1, 0.15) is 0 Å². The van der Waals surface area contributed by atoms with Crippen LogP contribution >= 0.6 is 0 Å². The fourth-order valence-corrected chi connectivity index (χ4v) is 1.28. The Morgan fingerprint density at radius 2 is 1.94 bits per heavy atom. The molecule has 92 valence electrons. The normalized spacial score (nSPS) is 11.6. The topological polar surface area (TPSA) is 36.7 Å². The van der Waals surface area contributed by atoms with Crippen LogP contribution in [0.3, 0.4) is 0 Å². The summed E-state index contributed by atoms with van der Waals surface area (Å²) in [6.45, 7) is 0. The van der Waals surface area contributed by atoms with Crippen LogP contribution in [-0.2, 0) is 12.6 Å². The van der Waals surface area contributed by atoms with E-state index in [4.69, 9.17) is 5.26 Å². The molecule has 0 aliphatic heterocycles. The minimum atomic E-state index is -5.19. The number of rotatable bonds is 2. The Balaban J connectivity index is 3.57. The minimum Gasteiger partial charge on any atom is -0.256 e. The Kier molecular flexibility index (Phi) is 3.60. The summed E-state index contributed by atoms with van der Waals surface area (Å²) in [5, 5.41) is 8.27. The van der Waals surface area contributed by atoms with Gasteiger partial charge in [-0.3, -0.25) is 4.98 Å². The molecule has 1 heterocycles. The van der Waals surface area contributed by atoms with Crippen molar-refractivity contribution in [3.8, 4) is 6.07 Å². The molecule has 0 saturated heterocycles. The van der Waals surface area contributed by atoms with E-state index in [2.05, 4.69) is 4.98 Å². The molecule has 1 aromatic rings. The molecule has 1 aromatic heterocycles. The van der Waals surface area contributed by atoms with Gasteiger partial charge in [-0.25, -0.2) is 13.2 Å². The van der Waals surface area contributed by atoms with Crippen LogP contribution in [-0.4, -0.2) is 4.98 Å². The molecule has 0 fully saturated rings. The molecule has 0 spiro atoms. The Morgan fingerprint density at radius 1 is 1.35 bits per heavy atom. The number of aromatic nitrogens is 1. The second-order valence-corrected chi connectivity index (χ2v) is 2.97. The highest BCUT2D eigenvalue weighted by molar-refractivity contribution is 5.36. The summed E-state index contributed by atoms with van der Waals surface area (Å²) in [7, 11) is 0. The van der Waals surface area contributed by atoms with Crippen molar-refractivity contribution < 1.29 is 26.3 Å². The standard InChI is InChI=1S/C9H4F6N2/c10-4-3-17-5(1-2-16)7(9(13,14)15)6(4)8(11)12/h3,8H,1H2. The second kappa shape index (κ2) is 4.61. The zero-order valence-electron chi connectivity index (χ0n) is 8.02. The molecule has 1 rings (SSSR count). The van der Waals surface area contributed by atoms with Crippen LogP contribution in [0.1, 0.15) is 23.2 Å². The highest BCUT2D eigenvalue weighted by atomic mass is 19.4. The Bertz CT molecular complexity index is 460. The number of nitrogens with zero attached hydrogens (tertiary/aromatic N) is 2. The van der Waals surface area contributed by atoms with Gasteiger partial charge in [-0.05, 0) is 0 Å². The molecule has 0 radical (unpaired) electrons. The van der Waals surface area contributed by atoms with Crippen molar-refractivity contribution in [3.05, 3.63) is 28.8 Å². The van der Waals surface area contributed by atoms with E-state index in [1.165, 1.54) is 6.07 Å². The molecule has 0 aromatic carbocycles. The van der Waals surface area contributed by atoms with E-state index in [1.54, 1.807) is 0 Å². The first-order chi connectivity index (χ1) is 7.79. The first kappa shape index (κ1) is 13.3. The zero-order valence-corrected chi connectivity index (χ0v) is 8.02. The third-order valence-corrected chi connectivity index (χ3v) is 1.90. The van der Waals surface area contributed by atoms with Crippen LogP contribution in [0, 0.1) is 17.1 Å². The van der Waals surface area contributed by atoms with Gasteiger partial charge in [-0.1, -0.05) is 0 Å². The van der Waals surface area contributed by atoms with E-state index >= 15 is 0 Å². The van der Waals surface area contributed by atoms with E-state index < -0.39 is 41.7 Å². The maximum atomic E-state index is 12.9. The third-order valence-electron chi connectivity index (χ3n) is 1.90. The summed E-state index contributed by atoms with van der Waals surface area (Å²) in [5.41, 5.74) is -4.54. The quantitative estimate of drug-likeness (QED) is 0.759. The summed E-state index contributed by atoms with van der Waals surface area (Å²) in [4.78, 5) is 3.03. The molecule has 0 atom stereocenters. The highest BCUT2D eigenvalue weighted by Crippen LogP contribution is 2.39. The van der Waals surface area contributed by atoms with Crippen molar-refractivity contribution in [1.29, 1.82) is 5.26 Å². The van der Waals surface area contributed by atoms with Crippen LogP contribution < -0.4 is 0 Å². The summed E-state index contributed by atoms with van der Waals surface area (Å²) in [6.07, 6.45) is -9.39. The predicted molar refractivity (Wildman–Crippen MR) is 43.5 cm³/mol. The number of pyridine rings is 1. The molecule has 0 amide bonds. The number of halogens is 6. The van der Waals surface area contributed by atoms with Gasteiger partial charge in [0.2, 0.25) is 0 Å². The van der Waals surface area contributed by atoms with Crippen molar-refractivity contribution in [2.24, 2.45) is 0 Å². The molecule has 17 heavy (non-hydrogen) atoms. The molecular weight excluding hydrogens is 250 g/mol. The van der Waals surface area contributed by atoms with E-state index in [0.717, 1.165) is 0 Å². The average molecular weight is 254 g/mol. The van der Waals surface area contributed by atoms with Crippen molar-refractivity contribution >= 4 is 0 Å². The van der Waals surface area contributed by atoms with Crippen molar-refractivity contribution in [2.75, 3.05) is 0 Å². The molecule has 0 saturated carbocycles. The fourth-order valence-electron chi connectivity index (χ4n) is 1.28. The largest absolute Gasteiger partial charge is 0.418 e. The molecule has 8 heteroatoms. The Morgan fingerprint density at radius 3 is 2.35 bits per heavy atom. The third kappa shape index (κ3) is 2.67. The zero-order chi connectivity index (χ0) is 13.2. The summed E-state index contributed by atoms with van der Waals surface area (Å²) < 4.78 is 75.3. The van der Waals surface area contributed by atoms with Gasteiger partial charge in [0.15, 0.2) is 5.82 Å². The average Bonchev–Trinajstić information content (AvgIpc) is 2.18. The number of hydrogen-bond acceptors (Lipinski definition) is 2. The van der Waals surface area contributed by atoms with E-state index in [-0.39, 0.29) is 6.20 Å². The first-order valence-corrected chi connectivity index (χ1v) is 4.18. The van der Waals surface area contributed by atoms with Gasteiger partial charge < -0.3 is 0 Å². The lowest BCUT2D eigenvalue weighted by Crippen LogP contribution is -2.16. The van der Waals surface area contributed by atoms with Crippen molar-refractivity contribution in [1.82, 2.24) is 4.98 Å². The lowest BCUT2D eigenvalue weighted by atomic mass is 10.0. The van der Waals surface area contributed by atoms with E-state index in [1.807, 2.05) is 0 Å². The van der Waals surface area contributed by atoms with Gasteiger partial charge in [0, 0.05) is 0 Å². The van der Waals surface area contributed by atoms with Crippen LogP contribution in [0.5, 0.6) is 0 Å². The molecule has 0 aliphatic rings. The van der Waals surface area contributed by atoms with E-state index in [9.17, 15) is 26.3 Å². The highest BCUT2D eigenvalue weighted by Gasteiger charge is 2.40. The first-order valence-electron chi connectivity index (χ1n) is 4.18. The maximum Gasteiger partial charge on any atom is 0.418 e. The molecule has 0 N–H and O–H groups in total. The lowest BCUT2D eigenvalue weighted by molar-refractivity contribution is -0.140. The van der Waals surface area contributed by atoms with Crippen molar-refractivity contribution in [2.45, 2.75) is 19.0 Å². The molecule has 0 bridgehead atoms. The number of alkyl halides is 5. The fraction of sp³-hybridized carbons (Fsp3) is 0.333. The van der Waals surface area contributed by atoms with Crippen molar-refractivity contribution in [3.63, 3.8) is 0 Å². The van der Waals surface area contributed by atoms with Gasteiger partial charge in [0.25, 0.3) is 6.43 Å². The van der Waals surface area contributed by atoms with Gasteiger partial charge in [0.05, 0.1) is 35.5 Å². The van der Waals surface area contributed by atoms with Crippen LogP contribution in [0.15, 0.2) is 6.20 Å². The van der Waals surface area contributed by atoms with Gasteiger partial charge >= 0.3 is 6.18 Å². The second-order valence-electron chi connectivity index (χ2n) is 2.97. The number of hydrogen-bond donors (Lipinski definition) is 0. The SMILES string of the molecule is N#CCc1ncc(F)c(C(F)F)c1C(F)(F)F. The summed E-state index contributed by atoms with van der Waals surface area (Å²) in [5.74, 6) is -1.74. The smallest absolute Gasteiger partial charge is 0.256 e. The van der Waals surface area contributed by atoms with Gasteiger partial charge in [-0.15, -0.1) is 0 Å². The Labute approximate surface area is 91.5 Å². The minimum absolute atomic E-state index is 0.253.